The van der Waals surface area contributed by atoms with Crippen molar-refractivity contribution in [1.82, 2.24) is 0 Å². The molecular formula is C19H30F2O2. The Hall–Kier alpha value is -0.930. The van der Waals surface area contributed by atoms with Gasteiger partial charge in [-0.25, -0.2) is 4.79 Å². The molecule has 132 valence electrons. The van der Waals surface area contributed by atoms with Crippen molar-refractivity contribution in [3.8, 4) is 0 Å². The van der Waals surface area contributed by atoms with E-state index in [2.05, 4.69) is 6.92 Å². The quantitative estimate of drug-likeness (QED) is 0.472. The monoisotopic (exact) mass is 328 g/mol. The van der Waals surface area contributed by atoms with Crippen molar-refractivity contribution >= 4 is 5.97 Å². The number of unbranched alkanes of at least 4 members (excludes halogenated alkanes) is 2. The van der Waals surface area contributed by atoms with Gasteiger partial charge < -0.3 is 5.11 Å². The maximum absolute atomic E-state index is 13.5. The Labute approximate surface area is 138 Å². The summed E-state index contributed by atoms with van der Waals surface area (Å²) < 4.78 is 27.1. The number of alkyl halides is 2. The predicted octanol–water partition coefficient (Wildman–Crippen LogP) is 5.82. The van der Waals surface area contributed by atoms with Gasteiger partial charge in [-0.05, 0) is 49.9 Å². The van der Waals surface area contributed by atoms with Crippen molar-refractivity contribution < 1.29 is 18.7 Å². The lowest BCUT2D eigenvalue weighted by atomic mass is 9.70. The molecule has 0 heterocycles. The van der Waals surface area contributed by atoms with E-state index in [4.69, 9.17) is 5.11 Å². The fourth-order valence-electron chi connectivity index (χ4n) is 4.34. The van der Waals surface area contributed by atoms with Gasteiger partial charge in [-0.15, -0.1) is 0 Å². The lowest BCUT2D eigenvalue weighted by Gasteiger charge is -2.36. The Morgan fingerprint density at radius 3 is 2.39 bits per heavy atom. The zero-order chi connectivity index (χ0) is 16.9. The van der Waals surface area contributed by atoms with Crippen LogP contribution in [-0.2, 0) is 4.79 Å². The number of carbonyl (C=O) groups is 1. The smallest absolute Gasteiger partial charge is 0.379 e. The van der Waals surface area contributed by atoms with Crippen LogP contribution in [0.4, 0.5) is 8.78 Å². The van der Waals surface area contributed by atoms with Crippen LogP contribution in [-0.4, -0.2) is 17.0 Å². The third kappa shape index (κ3) is 4.77. The predicted molar refractivity (Wildman–Crippen MR) is 87.6 cm³/mol. The highest BCUT2D eigenvalue weighted by atomic mass is 19.3. The van der Waals surface area contributed by atoms with Gasteiger partial charge >= 0.3 is 11.9 Å². The average molecular weight is 328 g/mol. The van der Waals surface area contributed by atoms with E-state index < -0.39 is 11.9 Å². The number of hydrogen-bond donors (Lipinski definition) is 1. The zero-order valence-electron chi connectivity index (χ0n) is 14.2. The molecule has 1 N–H and O–H groups in total. The van der Waals surface area contributed by atoms with E-state index in [0.29, 0.717) is 18.3 Å². The van der Waals surface area contributed by atoms with Crippen molar-refractivity contribution in [2.45, 2.75) is 83.5 Å². The molecule has 1 saturated carbocycles. The summed E-state index contributed by atoms with van der Waals surface area (Å²) in [6.07, 6.45) is 13.4. The standard InChI is InChI=1S/C19H30F2O2/c1-2-3-4-5-14-6-8-15(9-7-14)16-10-12-17(13-11-16)19(20,21)18(22)23/h12,14-16H,2-11,13H2,1H3,(H,22,23). The number of carboxylic acids is 1. The Balaban J connectivity index is 1.78. The minimum absolute atomic E-state index is 0.186. The van der Waals surface area contributed by atoms with Gasteiger partial charge in [0, 0.05) is 5.57 Å². The maximum atomic E-state index is 13.5. The SMILES string of the molecule is CCCCCC1CCC(C2CC=C(C(F)(F)C(=O)O)CC2)CC1. The van der Waals surface area contributed by atoms with Crippen LogP contribution in [0, 0.1) is 17.8 Å². The summed E-state index contributed by atoms with van der Waals surface area (Å²) in [7, 11) is 0. The van der Waals surface area contributed by atoms with Crippen LogP contribution in [0.1, 0.15) is 77.6 Å². The van der Waals surface area contributed by atoms with Crippen LogP contribution >= 0.6 is 0 Å². The van der Waals surface area contributed by atoms with Crippen molar-refractivity contribution in [3.05, 3.63) is 11.6 Å². The molecule has 0 aliphatic heterocycles. The van der Waals surface area contributed by atoms with Gasteiger partial charge in [0.25, 0.3) is 0 Å². The van der Waals surface area contributed by atoms with Gasteiger partial charge in [0.05, 0.1) is 0 Å². The van der Waals surface area contributed by atoms with Crippen molar-refractivity contribution in [3.63, 3.8) is 0 Å². The molecule has 1 unspecified atom stereocenters. The molecule has 2 aliphatic carbocycles. The third-order valence-electron chi connectivity index (χ3n) is 5.90. The molecule has 0 spiro atoms. The van der Waals surface area contributed by atoms with Gasteiger partial charge in [0.1, 0.15) is 0 Å². The molecule has 0 aromatic rings. The normalized spacial score (nSPS) is 29.2. The molecule has 0 aromatic heterocycles. The summed E-state index contributed by atoms with van der Waals surface area (Å²) in [5, 5.41) is 8.64. The molecule has 2 rings (SSSR count). The fourth-order valence-corrected chi connectivity index (χ4v) is 4.34. The van der Waals surface area contributed by atoms with Gasteiger partial charge in [-0.3, -0.25) is 0 Å². The molecule has 0 aromatic carbocycles. The van der Waals surface area contributed by atoms with E-state index in [9.17, 15) is 13.6 Å². The second kappa shape index (κ2) is 8.25. The first kappa shape index (κ1) is 18.4. The number of halogens is 2. The lowest BCUT2D eigenvalue weighted by Crippen LogP contribution is -2.33. The average Bonchev–Trinajstić information content (AvgIpc) is 2.56. The van der Waals surface area contributed by atoms with Gasteiger partial charge in [0.2, 0.25) is 0 Å². The second-order valence-corrected chi connectivity index (χ2v) is 7.42. The van der Waals surface area contributed by atoms with E-state index >= 15 is 0 Å². The van der Waals surface area contributed by atoms with E-state index in [1.54, 1.807) is 0 Å². The summed E-state index contributed by atoms with van der Waals surface area (Å²) >= 11 is 0. The Kier molecular flexibility index (Phi) is 6.60. The number of rotatable bonds is 7. The van der Waals surface area contributed by atoms with Crippen LogP contribution < -0.4 is 0 Å². The Bertz CT molecular complexity index is 423. The Morgan fingerprint density at radius 1 is 1.17 bits per heavy atom. The number of aliphatic carboxylic acids is 1. The highest BCUT2D eigenvalue weighted by Crippen LogP contribution is 2.43. The number of hydrogen-bond acceptors (Lipinski definition) is 1. The van der Waals surface area contributed by atoms with Crippen LogP contribution in [0.25, 0.3) is 0 Å². The highest BCUT2D eigenvalue weighted by molar-refractivity contribution is 5.79. The van der Waals surface area contributed by atoms with Crippen molar-refractivity contribution in [1.29, 1.82) is 0 Å². The number of allylic oxidation sites excluding steroid dienone is 1. The van der Waals surface area contributed by atoms with E-state index in [0.717, 1.165) is 12.3 Å². The minimum Gasteiger partial charge on any atom is -0.477 e. The molecule has 23 heavy (non-hydrogen) atoms. The van der Waals surface area contributed by atoms with E-state index in [1.807, 2.05) is 0 Å². The summed E-state index contributed by atoms with van der Waals surface area (Å²) in [5.74, 6) is -3.71. The molecule has 2 nitrogen and oxygen atoms in total. The molecule has 1 fully saturated rings. The van der Waals surface area contributed by atoms with Crippen molar-refractivity contribution in [2.75, 3.05) is 0 Å². The highest BCUT2D eigenvalue weighted by Gasteiger charge is 2.44. The first-order valence-electron chi connectivity index (χ1n) is 9.25. The summed E-state index contributed by atoms with van der Waals surface area (Å²) in [4.78, 5) is 10.7. The summed E-state index contributed by atoms with van der Waals surface area (Å²) in [6, 6.07) is 0. The maximum Gasteiger partial charge on any atom is 0.379 e. The van der Waals surface area contributed by atoms with E-state index in [-0.39, 0.29) is 12.0 Å². The third-order valence-corrected chi connectivity index (χ3v) is 5.90. The Morgan fingerprint density at radius 2 is 1.87 bits per heavy atom. The first-order chi connectivity index (χ1) is 10.9. The van der Waals surface area contributed by atoms with Gasteiger partial charge in [-0.2, -0.15) is 8.78 Å². The molecule has 0 bridgehead atoms. The van der Waals surface area contributed by atoms with Crippen LogP contribution in [0.2, 0.25) is 0 Å². The zero-order valence-corrected chi connectivity index (χ0v) is 14.2. The molecule has 4 heteroatoms. The van der Waals surface area contributed by atoms with Gasteiger partial charge in [-0.1, -0.05) is 51.5 Å². The van der Waals surface area contributed by atoms with Crippen LogP contribution in [0.5, 0.6) is 0 Å². The van der Waals surface area contributed by atoms with Crippen LogP contribution in [0.15, 0.2) is 11.6 Å². The summed E-state index contributed by atoms with van der Waals surface area (Å²) in [5.41, 5.74) is -0.186. The minimum atomic E-state index is -3.68. The molecule has 0 amide bonds. The van der Waals surface area contributed by atoms with E-state index in [1.165, 1.54) is 57.4 Å². The van der Waals surface area contributed by atoms with Crippen molar-refractivity contribution in [2.24, 2.45) is 17.8 Å². The molecule has 0 radical (unpaired) electrons. The topological polar surface area (TPSA) is 37.3 Å². The summed E-state index contributed by atoms with van der Waals surface area (Å²) in [6.45, 7) is 2.23. The van der Waals surface area contributed by atoms with Crippen LogP contribution in [0.3, 0.4) is 0 Å². The fraction of sp³-hybridized carbons (Fsp3) is 0.842. The molecular weight excluding hydrogens is 298 g/mol. The molecule has 0 saturated heterocycles. The lowest BCUT2D eigenvalue weighted by molar-refractivity contribution is -0.159. The largest absolute Gasteiger partial charge is 0.477 e. The first-order valence-corrected chi connectivity index (χ1v) is 9.25. The van der Waals surface area contributed by atoms with Gasteiger partial charge in [0.15, 0.2) is 0 Å². The second-order valence-electron chi connectivity index (χ2n) is 7.42. The molecule has 2 aliphatic rings. The molecule has 1 atom stereocenters. The number of carboxylic acid groups (broad SMARTS) is 1.